The van der Waals surface area contributed by atoms with Gasteiger partial charge in [0.05, 0.1) is 6.04 Å². The van der Waals surface area contributed by atoms with E-state index < -0.39 is 11.5 Å². The Morgan fingerprint density at radius 2 is 1.68 bits per heavy atom. The topological polar surface area (TPSA) is 101 Å². The van der Waals surface area contributed by atoms with Crippen molar-refractivity contribution in [1.29, 1.82) is 0 Å². The molecule has 0 saturated carbocycles. The fraction of sp³-hybridized carbons (Fsp3) is 0.367. The molecule has 4 aromatic rings. The van der Waals surface area contributed by atoms with E-state index in [4.69, 9.17) is 0 Å². The van der Waals surface area contributed by atoms with Crippen molar-refractivity contribution in [2.45, 2.75) is 46.2 Å². The third-order valence-electron chi connectivity index (χ3n) is 7.44. The highest BCUT2D eigenvalue weighted by atomic mass is 16.2. The molecule has 5 rings (SSSR count). The van der Waals surface area contributed by atoms with E-state index in [1.807, 2.05) is 75.1 Å². The average Bonchev–Trinajstić information content (AvgIpc) is 3.47. The number of fused-ring (bicyclic) bond motifs is 2. The SMILES string of the molecule is Cc1ccc2[nH]c(C(=O)N3CC[C@H]3CN(C)C(=O)[C@@H](NC(=O)c3cc4ccccc4[nH]3)C(C)(C)C)cc2c1. The number of likely N-dealkylation sites (tertiary alicyclic amines) is 1. The molecule has 1 fully saturated rings. The van der Waals surface area contributed by atoms with Crippen LogP contribution in [0.3, 0.4) is 0 Å². The largest absolute Gasteiger partial charge is 0.351 e. The lowest BCUT2D eigenvalue weighted by atomic mass is 9.85. The van der Waals surface area contributed by atoms with Crippen LogP contribution in [0, 0.1) is 12.3 Å². The summed E-state index contributed by atoms with van der Waals surface area (Å²) in [5.41, 5.74) is 3.41. The summed E-state index contributed by atoms with van der Waals surface area (Å²) >= 11 is 0. The minimum atomic E-state index is -0.729. The molecule has 1 aliphatic heterocycles. The number of amides is 3. The predicted molar refractivity (Wildman–Crippen MR) is 149 cm³/mol. The zero-order valence-corrected chi connectivity index (χ0v) is 22.6. The molecule has 3 N–H and O–H groups in total. The molecule has 0 spiro atoms. The van der Waals surface area contributed by atoms with Gasteiger partial charge in [0.15, 0.2) is 0 Å². The maximum Gasteiger partial charge on any atom is 0.270 e. The van der Waals surface area contributed by atoms with Crippen molar-refractivity contribution in [3.05, 3.63) is 71.5 Å². The molecule has 0 unspecified atom stereocenters. The minimum absolute atomic E-state index is 0.0598. The molecule has 8 nitrogen and oxygen atoms in total. The lowest BCUT2D eigenvalue weighted by molar-refractivity contribution is -0.135. The molecule has 0 bridgehead atoms. The molecule has 0 aliphatic carbocycles. The van der Waals surface area contributed by atoms with E-state index >= 15 is 0 Å². The van der Waals surface area contributed by atoms with Crippen LogP contribution in [0.15, 0.2) is 54.6 Å². The third kappa shape index (κ3) is 4.90. The summed E-state index contributed by atoms with van der Waals surface area (Å²) in [4.78, 5) is 49.8. The van der Waals surface area contributed by atoms with E-state index in [2.05, 4.69) is 21.4 Å². The van der Waals surface area contributed by atoms with Crippen molar-refractivity contribution < 1.29 is 14.4 Å². The van der Waals surface area contributed by atoms with Gasteiger partial charge in [0.1, 0.15) is 17.4 Å². The number of hydrogen-bond donors (Lipinski definition) is 3. The zero-order valence-electron chi connectivity index (χ0n) is 22.6. The minimum Gasteiger partial charge on any atom is -0.351 e. The van der Waals surface area contributed by atoms with Crippen LogP contribution in [-0.2, 0) is 4.79 Å². The van der Waals surface area contributed by atoms with Crippen LogP contribution in [0.25, 0.3) is 21.8 Å². The van der Waals surface area contributed by atoms with Crippen LogP contribution in [0.1, 0.15) is 53.7 Å². The second kappa shape index (κ2) is 9.67. The molecule has 3 amide bonds. The number of aromatic nitrogens is 2. The molecule has 2 aromatic heterocycles. The van der Waals surface area contributed by atoms with Gasteiger partial charge in [0, 0.05) is 41.9 Å². The van der Waals surface area contributed by atoms with E-state index in [9.17, 15) is 14.4 Å². The van der Waals surface area contributed by atoms with Crippen molar-refractivity contribution in [2.24, 2.45) is 5.41 Å². The molecule has 2 aromatic carbocycles. The first-order chi connectivity index (χ1) is 18.0. The van der Waals surface area contributed by atoms with Gasteiger partial charge in [-0.05, 0) is 49.1 Å². The Labute approximate surface area is 222 Å². The number of benzene rings is 2. The third-order valence-corrected chi connectivity index (χ3v) is 7.44. The van der Waals surface area contributed by atoms with Crippen molar-refractivity contribution >= 4 is 39.5 Å². The van der Waals surface area contributed by atoms with E-state index in [-0.39, 0.29) is 23.8 Å². The molecular formula is C30H35N5O3. The highest BCUT2D eigenvalue weighted by Gasteiger charge is 2.39. The van der Waals surface area contributed by atoms with Gasteiger partial charge in [-0.25, -0.2) is 0 Å². The van der Waals surface area contributed by atoms with Crippen molar-refractivity contribution in [3.63, 3.8) is 0 Å². The first-order valence-electron chi connectivity index (χ1n) is 13.1. The Bertz CT molecular complexity index is 1490. The second-order valence-electron chi connectivity index (χ2n) is 11.5. The van der Waals surface area contributed by atoms with E-state index in [0.29, 0.717) is 24.5 Å². The van der Waals surface area contributed by atoms with Gasteiger partial charge in [-0.15, -0.1) is 0 Å². The summed E-state index contributed by atoms with van der Waals surface area (Å²) in [6, 6.07) is 16.6. The summed E-state index contributed by atoms with van der Waals surface area (Å²) in [5.74, 6) is -0.560. The predicted octanol–water partition coefficient (Wildman–Crippen LogP) is 4.48. The number of carbonyl (C=O) groups excluding carboxylic acids is 3. The highest BCUT2D eigenvalue weighted by molar-refractivity contribution is 6.01. The molecule has 198 valence electrons. The van der Waals surface area contributed by atoms with E-state index in [1.165, 1.54) is 0 Å². The van der Waals surface area contributed by atoms with Crippen LogP contribution < -0.4 is 5.32 Å². The van der Waals surface area contributed by atoms with E-state index in [1.54, 1.807) is 18.0 Å². The lowest BCUT2D eigenvalue weighted by Gasteiger charge is -2.43. The fourth-order valence-corrected chi connectivity index (χ4v) is 5.10. The van der Waals surface area contributed by atoms with Gasteiger partial charge in [0.2, 0.25) is 5.91 Å². The lowest BCUT2D eigenvalue weighted by Crippen LogP contribution is -2.59. The van der Waals surface area contributed by atoms with Crippen LogP contribution >= 0.6 is 0 Å². The second-order valence-corrected chi connectivity index (χ2v) is 11.5. The number of aryl methyl sites for hydroxylation is 1. The van der Waals surface area contributed by atoms with Gasteiger partial charge < -0.3 is 25.1 Å². The highest BCUT2D eigenvalue weighted by Crippen LogP contribution is 2.26. The van der Waals surface area contributed by atoms with Gasteiger partial charge >= 0.3 is 0 Å². The Morgan fingerprint density at radius 1 is 1.00 bits per heavy atom. The molecule has 1 saturated heterocycles. The molecule has 3 heterocycles. The summed E-state index contributed by atoms with van der Waals surface area (Å²) in [6.07, 6.45) is 0.824. The number of carbonyl (C=O) groups is 3. The number of H-pyrrole nitrogens is 2. The monoisotopic (exact) mass is 513 g/mol. The van der Waals surface area contributed by atoms with Gasteiger partial charge in [-0.2, -0.15) is 0 Å². The average molecular weight is 514 g/mol. The first-order valence-corrected chi connectivity index (χ1v) is 13.1. The first kappa shape index (κ1) is 25.6. The normalized spacial score (nSPS) is 16.3. The fourth-order valence-electron chi connectivity index (χ4n) is 5.10. The molecule has 0 radical (unpaired) electrons. The maximum absolute atomic E-state index is 13.6. The number of likely N-dealkylation sites (N-methyl/N-ethyl adjacent to an activating group) is 1. The Kier molecular flexibility index (Phi) is 6.51. The maximum atomic E-state index is 13.6. The van der Waals surface area contributed by atoms with Crippen molar-refractivity contribution in [2.75, 3.05) is 20.1 Å². The number of aromatic amines is 2. The van der Waals surface area contributed by atoms with Crippen LogP contribution in [0.4, 0.5) is 0 Å². The van der Waals surface area contributed by atoms with Gasteiger partial charge in [0.25, 0.3) is 11.8 Å². The Hall–Kier alpha value is -4.07. The Morgan fingerprint density at radius 3 is 2.37 bits per heavy atom. The standard InChI is InChI=1S/C30H35N5O3/c1-18-10-11-23-20(14-18)16-25(32-23)28(37)35-13-12-21(35)17-34(5)29(38)26(30(2,3)4)33-27(36)24-15-19-8-6-7-9-22(19)31-24/h6-11,14-16,21,26,31-32H,12-13,17H2,1-5H3,(H,33,36)/t21-,26+/m0/s1. The Balaban J connectivity index is 1.26. The molecule has 2 atom stereocenters. The summed E-state index contributed by atoms with van der Waals surface area (Å²) in [6.45, 7) is 8.89. The van der Waals surface area contributed by atoms with Crippen LogP contribution in [0.2, 0.25) is 0 Å². The summed E-state index contributed by atoms with van der Waals surface area (Å²) in [7, 11) is 1.74. The summed E-state index contributed by atoms with van der Waals surface area (Å²) < 4.78 is 0. The number of rotatable bonds is 6. The number of para-hydroxylation sites is 1. The molecular weight excluding hydrogens is 478 g/mol. The zero-order chi connectivity index (χ0) is 27.2. The van der Waals surface area contributed by atoms with Crippen molar-refractivity contribution in [1.82, 2.24) is 25.1 Å². The smallest absolute Gasteiger partial charge is 0.270 e. The van der Waals surface area contributed by atoms with Crippen LogP contribution in [0.5, 0.6) is 0 Å². The van der Waals surface area contributed by atoms with E-state index in [0.717, 1.165) is 33.8 Å². The molecule has 38 heavy (non-hydrogen) atoms. The number of hydrogen-bond acceptors (Lipinski definition) is 3. The summed E-state index contributed by atoms with van der Waals surface area (Å²) in [5, 5.41) is 4.91. The van der Waals surface area contributed by atoms with Gasteiger partial charge in [-0.3, -0.25) is 14.4 Å². The molecule has 8 heteroatoms. The number of nitrogens with zero attached hydrogens (tertiary/aromatic N) is 2. The van der Waals surface area contributed by atoms with Crippen LogP contribution in [-0.4, -0.2) is 69.7 Å². The number of nitrogens with one attached hydrogen (secondary N) is 3. The quantitative estimate of drug-likeness (QED) is 0.354. The molecule has 1 aliphatic rings. The van der Waals surface area contributed by atoms with Gasteiger partial charge in [-0.1, -0.05) is 50.6 Å². The van der Waals surface area contributed by atoms with Crippen molar-refractivity contribution in [3.8, 4) is 0 Å².